The molecule has 1 atom stereocenters. The van der Waals surface area contributed by atoms with Crippen LogP contribution in [0.5, 0.6) is 5.75 Å². The second-order valence-corrected chi connectivity index (χ2v) is 7.06. The normalized spacial score (nSPS) is 18.8. The van der Waals surface area contributed by atoms with Gasteiger partial charge in [0, 0.05) is 6.54 Å². The second-order valence-electron chi connectivity index (χ2n) is 7.06. The molecule has 1 amide bonds. The molecule has 2 aromatic carbocycles. The fourth-order valence-electron chi connectivity index (χ4n) is 3.28. The number of hydrogen-bond acceptors (Lipinski definition) is 3. The molecule has 0 radical (unpaired) electrons. The minimum atomic E-state index is -4.57. The number of carbonyl (C=O) groups excluding carboxylic acids is 1. The molecule has 140 valence electrons. The van der Waals surface area contributed by atoms with E-state index in [4.69, 9.17) is 4.74 Å². The van der Waals surface area contributed by atoms with E-state index >= 15 is 0 Å². The molecule has 26 heavy (non-hydrogen) atoms. The van der Waals surface area contributed by atoms with E-state index in [2.05, 4.69) is 5.43 Å². The van der Waals surface area contributed by atoms with Crippen molar-refractivity contribution in [1.29, 1.82) is 0 Å². The van der Waals surface area contributed by atoms with Crippen molar-refractivity contribution in [3.63, 3.8) is 0 Å². The lowest BCUT2D eigenvalue weighted by Gasteiger charge is -2.31. The van der Waals surface area contributed by atoms with Crippen LogP contribution in [-0.4, -0.2) is 30.2 Å². The van der Waals surface area contributed by atoms with E-state index in [1.807, 2.05) is 0 Å². The molecule has 0 aromatic heterocycles. The number of amides is 1. The Balaban J connectivity index is 2.17. The molecule has 7 heteroatoms. The van der Waals surface area contributed by atoms with Crippen LogP contribution in [0.3, 0.4) is 0 Å². The number of carbonyl (C=O) groups is 1. The minimum absolute atomic E-state index is 0.0385. The number of fused-ring (bicyclic) bond motifs is 1. The molecule has 3 rings (SSSR count). The van der Waals surface area contributed by atoms with Gasteiger partial charge in [0.2, 0.25) is 5.91 Å². The maximum absolute atomic E-state index is 14.0. The van der Waals surface area contributed by atoms with Gasteiger partial charge >= 0.3 is 6.18 Å². The van der Waals surface area contributed by atoms with Crippen LogP contribution in [0.2, 0.25) is 0 Å². The number of ether oxygens (including phenoxy) is 1. The molecule has 1 aliphatic heterocycles. The number of rotatable bonds is 4. The van der Waals surface area contributed by atoms with E-state index in [9.17, 15) is 18.0 Å². The van der Waals surface area contributed by atoms with Crippen LogP contribution >= 0.6 is 0 Å². The standard InChI is InChI=1S/C19H21F3N2O2/c1-4-26-13-9-12-7-5-6-8-14(12)15(10-13)16(19(20,21)22)24-11-18(2,3)17(25)23-24/h5-10,16H,4,11H2,1-3H3,(H,23,25). The van der Waals surface area contributed by atoms with Crippen LogP contribution in [0.25, 0.3) is 10.8 Å². The Hall–Kier alpha value is -2.28. The summed E-state index contributed by atoms with van der Waals surface area (Å²) >= 11 is 0. The zero-order valence-electron chi connectivity index (χ0n) is 14.9. The third kappa shape index (κ3) is 3.35. The monoisotopic (exact) mass is 366 g/mol. The number of hydrazine groups is 1. The van der Waals surface area contributed by atoms with E-state index in [-0.39, 0.29) is 12.1 Å². The maximum Gasteiger partial charge on any atom is 0.409 e. The quantitative estimate of drug-likeness (QED) is 0.881. The summed E-state index contributed by atoms with van der Waals surface area (Å²) in [4.78, 5) is 12.1. The molecule has 0 bridgehead atoms. The van der Waals surface area contributed by atoms with Crippen molar-refractivity contribution < 1.29 is 22.7 Å². The first-order chi connectivity index (χ1) is 12.1. The van der Waals surface area contributed by atoms with Gasteiger partial charge in [0.05, 0.1) is 12.0 Å². The summed E-state index contributed by atoms with van der Waals surface area (Å²) in [6.45, 7) is 5.35. The predicted molar refractivity (Wildman–Crippen MR) is 92.5 cm³/mol. The van der Waals surface area contributed by atoms with Crippen molar-refractivity contribution >= 4 is 16.7 Å². The Kier molecular flexibility index (Phi) is 4.60. The van der Waals surface area contributed by atoms with Crippen molar-refractivity contribution in [2.75, 3.05) is 13.2 Å². The molecular weight excluding hydrogens is 345 g/mol. The molecular formula is C19H21F3N2O2. The van der Waals surface area contributed by atoms with E-state index in [0.717, 1.165) is 5.01 Å². The highest BCUT2D eigenvalue weighted by molar-refractivity contribution is 5.88. The first kappa shape index (κ1) is 18.5. The zero-order valence-corrected chi connectivity index (χ0v) is 14.9. The Morgan fingerprint density at radius 3 is 2.54 bits per heavy atom. The Bertz CT molecular complexity index is 833. The first-order valence-electron chi connectivity index (χ1n) is 8.43. The lowest BCUT2D eigenvalue weighted by Crippen LogP contribution is -2.43. The van der Waals surface area contributed by atoms with E-state index in [1.165, 1.54) is 6.07 Å². The second kappa shape index (κ2) is 6.46. The molecule has 0 aliphatic carbocycles. The number of halogens is 3. The Morgan fingerprint density at radius 2 is 1.96 bits per heavy atom. The summed E-state index contributed by atoms with van der Waals surface area (Å²) in [5.74, 6) is -0.0442. The van der Waals surface area contributed by atoms with E-state index in [1.54, 1.807) is 51.1 Å². The average Bonchev–Trinajstić information content (AvgIpc) is 2.79. The van der Waals surface area contributed by atoms with Gasteiger partial charge in [-0.25, -0.2) is 5.01 Å². The van der Waals surface area contributed by atoms with E-state index in [0.29, 0.717) is 23.1 Å². The lowest BCUT2D eigenvalue weighted by molar-refractivity contribution is -0.191. The summed E-state index contributed by atoms with van der Waals surface area (Å²) in [6.07, 6.45) is -4.57. The SMILES string of the molecule is CCOc1cc(C(N2CC(C)(C)C(=O)N2)C(F)(F)F)c2ccccc2c1. The number of alkyl halides is 3. The molecule has 2 aromatic rings. The van der Waals surface area contributed by atoms with Crippen molar-refractivity contribution in [1.82, 2.24) is 10.4 Å². The topological polar surface area (TPSA) is 41.6 Å². The van der Waals surface area contributed by atoms with Crippen molar-refractivity contribution in [2.24, 2.45) is 5.41 Å². The molecule has 1 N–H and O–H groups in total. The smallest absolute Gasteiger partial charge is 0.409 e. The van der Waals surface area contributed by atoms with Gasteiger partial charge in [-0.2, -0.15) is 13.2 Å². The lowest BCUT2D eigenvalue weighted by atomic mass is 9.93. The molecule has 1 unspecified atom stereocenters. The van der Waals surface area contributed by atoms with Crippen molar-refractivity contribution in [3.05, 3.63) is 42.0 Å². The molecule has 0 spiro atoms. The van der Waals surface area contributed by atoms with Gasteiger partial charge in [-0.3, -0.25) is 10.2 Å². The summed E-state index contributed by atoms with van der Waals surface area (Å²) < 4.78 is 47.6. The number of hydrogen-bond donors (Lipinski definition) is 1. The molecule has 4 nitrogen and oxygen atoms in total. The molecule has 1 fully saturated rings. The highest BCUT2D eigenvalue weighted by Crippen LogP contribution is 2.43. The van der Waals surface area contributed by atoms with Gasteiger partial charge in [0.15, 0.2) is 6.04 Å². The summed E-state index contributed by atoms with van der Waals surface area (Å²) in [7, 11) is 0. The Labute approximate surface area is 149 Å². The van der Waals surface area contributed by atoms with Gasteiger partial charge in [-0.15, -0.1) is 0 Å². The predicted octanol–water partition coefficient (Wildman–Crippen LogP) is 4.21. The Morgan fingerprint density at radius 1 is 1.27 bits per heavy atom. The average molecular weight is 366 g/mol. The molecule has 1 heterocycles. The van der Waals surface area contributed by atoms with Crippen LogP contribution in [0.1, 0.15) is 32.4 Å². The van der Waals surface area contributed by atoms with Crippen LogP contribution in [0.4, 0.5) is 13.2 Å². The summed E-state index contributed by atoms with van der Waals surface area (Å²) in [6, 6.07) is 8.06. The number of benzene rings is 2. The van der Waals surface area contributed by atoms with Crippen molar-refractivity contribution in [3.8, 4) is 5.75 Å². The largest absolute Gasteiger partial charge is 0.494 e. The minimum Gasteiger partial charge on any atom is -0.494 e. The van der Waals surface area contributed by atoms with Gasteiger partial charge in [0.1, 0.15) is 5.75 Å². The fourth-order valence-corrected chi connectivity index (χ4v) is 3.28. The van der Waals surface area contributed by atoms with Crippen LogP contribution in [0, 0.1) is 5.41 Å². The molecule has 1 aliphatic rings. The molecule has 1 saturated heterocycles. The maximum atomic E-state index is 14.0. The first-order valence-corrected chi connectivity index (χ1v) is 8.43. The van der Waals surface area contributed by atoms with Gasteiger partial charge in [-0.05, 0) is 49.2 Å². The van der Waals surface area contributed by atoms with Gasteiger partial charge in [0.25, 0.3) is 0 Å². The third-order valence-electron chi connectivity index (χ3n) is 4.52. The molecule has 0 saturated carbocycles. The fraction of sp³-hybridized carbons (Fsp3) is 0.421. The van der Waals surface area contributed by atoms with E-state index < -0.39 is 23.5 Å². The van der Waals surface area contributed by atoms with Crippen molar-refractivity contribution in [2.45, 2.75) is 33.0 Å². The van der Waals surface area contributed by atoms with Crippen LogP contribution in [-0.2, 0) is 4.79 Å². The summed E-state index contributed by atoms with van der Waals surface area (Å²) in [5.41, 5.74) is 1.57. The number of nitrogens with zero attached hydrogens (tertiary/aromatic N) is 1. The third-order valence-corrected chi connectivity index (χ3v) is 4.52. The van der Waals surface area contributed by atoms with Gasteiger partial charge < -0.3 is 4.74 Å². The van der Waals surface area contributed by atoms with Crippen LogP contribution in [0.15, 0.2) is 36.4 Å². The zero-order chi connectivity index (χ0) is 19.1. The number of nitrogens with one attached hydrogen (secondary N) is 1. The highest BCUT2D eigenvalue weighted by Gasteiger charge is 2.51. The summed E-state index contributed by atoms with van der Waals surface area (Å²) in [5, 5.41) is 2.13. The van der Waals surface area contributed by atoms with Gasteiger partial charge in [-0.1, -0.05) is 24.3 Å². The van der Waals surface area contributed by atoms with Crippen LogP contribution < -0.4 is 10.2 Å². The highest BCUT2D eigenvalue weighted by atomic mass is 19.4.